The van der Waals surface area contributed by atoms with Crippen molar-refractivity contribution in [2.45, 2.75) is 0 Å². The number of rotatable bonds is 9. The van der Waals surface area contributed by atoms with Crippen LogP contribution in [0.3, 0.4) is 0 Å². The highest BCUT2D eigenvalue weighted by Gasteiger charge is 2.15. The molecule has 0 amide bonds. The molecule has 32 heavy (non-hydrogen) atoms. The van der Waals surface area contributed by atoms with E-state index in [1.165, 1.54) is 0 Å². The Balaban J connectivity index is 1.43. The second-order valence-corrected chi connectivity index (χ2v) is 7.60. The zero-order valence-corrected chi connectivity index (χ0v) is 18.5. The number of hydrogen-bond acceptors (Lipinski definition) is 9. The molecule has 0 aliphatic carbocycles. The molecule has 1 aromatic heterocycles. The van der Waals surface area contributed by atoms with Crippen LogP contribution >= 0.6 is 0 Å². The lowest BCUT2D eigenvalue weighted by Crippen LogP contribution is -2.38. The fourth-order valence-corrected chi connectivity index (χ4v) is 3.63. The number of hydrazone groups is 1. The molecule has 0 unspecified atom stereocenters. The van der Waals surface area contributed by atoms with Gasteiger partial charge in [-0.3, -0.25) is 10.3 Å². The van der Waals surface area contributed by atoms with Crippen molar-refractivity contribution in [1.29, 1.82) is 0 Å². The molecular formula is C23H31N5O4. The molecule has 0 saturated carbocycles. The molecule has 2 aromatic rings. The van der Waals surface area contributed by atoms with E-state index in [1.54, 1.807) is 13.3 Å². The predicted octanol–water partition coefficient (Wildman–Crippen LogP) is 2.08. The van der Waals surface area contributed by atoms with Crippen LogP contribution in [0.2, 0.25) is 0 Å². The summed E-state index contributed by atoms with van der Waals surface area (Å²) in [6.07, 6.45) is 1.74. The third-order valence-corrected chi connectivity index (χ3v) is 5.41. The molecule has 0 radical (unpaired) electrons. The van der Waals surface area contributed by atoms with Gasteiger partial charge in [0.25, 0.3) is 0 Å². The van der Waals surface area contributed by atoms with Crippen LogP contribution in [0.4, 0.5) is 11.5 Å². The van der Waals surface area contributed by atoms with Crippen molar-refractivity contribution in [3.05, 3.63) is 42.0 Å². The summed E-state index contributed by atoms with van der Waals surface area (Å²) in [4.78, 5) is 9.22. The lowest BCUT2D eigenvalue weighted by Gasteiger charge is -2.29. The van der Waals surface area contributed by atoms with Gasteiger partial charge in [0, 0.05) is 50.5 Å². The number of nitrogens with one attached hydrogen (secondary N) is 1. The maximum absolute atomic E-state index is 6.02. The quantitative estimate of drug-likeness (QED) is 0.468. The van der Waals surface area contributed by atoms with E-state index in [0.717, 1.165) is 62.9 Å². The topological polar surface area (TPSA) is 80.7 Å². The van der Waals surface area contributed by atoms with Gasteiger partial charge in [0.15, 0.2) is 5.82 Å². The third-order valence-electron chi connectivity index (χ3n) is 5.41. The van der Waals surface area contributed by atoms with Crippen molar-refractivity contribution in [3.63, 3.8) is 0 Å². The van der Waals surface area contributed by atoms with Crippen LogP contribution in [0.25, 0.3) is 0 Å². The monoisotopic (exact) mass is 441 g/mol. The molecule has 0 bridgehead atoms. The number of benzene rings is 1. The Morgan fingerprint density at radius 3 is 2.62 bits per heavy atom. The maximum atomic E-state index is 6.02. The number of morpholine rings is 2. The van der Waals surface area contributed by atoms with E-state index in [0.29, 0.717) is 31.5 Å². The average Bonchev–Trinajstić information content (AvgIpc) is 2.85. The van der Waals surface area contributed by atoms with Crippen molar-refractivity contribution < 1.29 is 18.9 Å². The van der Waals surface area contributed by atoms with Gasteiger partial charge in [-0.05, 0) is 17.7 Å². The van der Waals surface area contributed by atoms with Crippen LogP contribution in [0.5, 0.6) is 11.6 Å². The van der Waals surface area contributed by atoms with Gasteiger partial charge >= 0.3 is 0 Å². The van der Waals surface area contributed by atoms with E-state index in [4.69, 9.17) is 18.9 Å². The Bertz CT molecular complexity index is 882. The van der Waals surface area contributed by atoms with Gasteiger partial charge < -0.3 is 23.8 Å². The number of hydrogen-bond donors (Lipinski definition) is 1. The minimum atomic E-state index is 0.575. The van der Waals surface area contributed by atoms with Crippen LogP contribution in [-0.4, -0.2) is 89.0 Å². The predicted molar refractivity (Wildman–Crippen MR) is 124 cm³/mol. The van der Waals surface area contributed by atoms with Gasteiger partial charge in [0.05, 0.1) is 39.8 Å². The molecule has 0 atom stereocenters. The summed E-state index contributed by atoms with van der Waals surface area (Å²) < 4.78 is 22.2. The van der Waals surface area contributed by atoms with Gasteiger partial charge in [-0.25, -0.2) is 0 Å². The molecule has 2 aliphatic heterocycles. The molecule has 2 fully saturated rings. The summed E-state index contributed by atoms with van der Waals surface area (Å²) in [6, 6.07) is 11.7. The van der Waals surface area contributed by atoms with Crippen LogP contribution in [-0.2, 0) is 9.47 Å². The molecule has 1 N–H and O–H groups in total. The first-order valence-electron chi connectivity index (χ1n) is 11.0. The minimum absolute atomic E-state index is 0.575. The third kappa shape index (κ3) is 6.56. The molecular weight excluding hydrogens is 410 g/mol. The zero-order chi connectivity index (χ0) is 22.0. The Hall–Kier alpha value is -2.88. The van der Waals surface area contributed by atoms with E-state index >= 15 is 0 Å². The zero-order valence-electron chi connectivity index (χ0n) is 18.5. The molecule has 4 rings (SSSR count). The molecule has 1 aromatic carbocycles. The van der Waals surface area contributed by atoms with Crippen molar-refractivity contribution in [3.8, 4) is 11.6 Å². The second kappa shape index (κ2) is 11.7. The molecule has 9 heteroatoms. The summed E-state index contributed by atoms with van der Waals surface area (Å²) in [5.74, 6) is 2.01. The molecule has 0 spiro atoms. The lowest BCUT2D eigenvalue weighted by atomic mass is 10.2. The lowest BCUT2D eigenvalue weighted by molar-refractivity contribution is 0.0320. The summed E-state index contributed by atoms with van der Waals surface area (Å²) in [5, 5.41) is 4.35. The first-order chi connectivity index (χ1) is 15.8. The first kappa shape index (κ1) is 22.3. The van der Waals surface area contributed by atoms with Crippen LogP contribution < -0.4 is 19.8 Å². The number of methoxy groups -OCH3 is 1. The number of pyridine rings is 1. The van der Waals surface area contributed by atoms with E-state index < -0.39 is 0 Å². The van der Waals surface area contributed by atoms with Crippen LogP contribution in [0.1, 0.15) is 5.56 Å². The number of ether oxygens (including phenoxy) is 4. The molecule has 172 valence electrons. The number of anilines is 2. The van der Waals surface area contributed by atoms with Gasteiger partial charge in [0.1, 0.15) is 12.4 Å². The fraction of sp³-hybridized carbons (Fsp3) is 0.478. The highest BCUT2D eigenvalue weighted by atomic mass is 16.5. The number of nitrogens with zero attached hydrogens (tertiary/aromatic N) is 4. The highest BCUT2D eigenvalue weighted by Crippen LogP contribution is 2.25. The molecule has 9 nitrogen and oxygen atoms in total. The van der Waals surface area contributed by atoms with Crippen molar-refractivity contribution in [2.24, 2.45) is 5.10 Å². The van der Waals surface area contributed by atoms with E-state index in [9.17, 15) is 0 Å². The average molecular weight is 442 g/mol. The van der Waals surface area contributed by atoms with E-state index in [2.05, 4.69) is 25.3 Å². The summed E-state index contributed by atoms with van der Waals surface area (Å²) in [5.41, 5.74) is 5.02. The second-order valence-electron chi connectivity index (χ2n) is 7.60. The van der Waals surface area contributed by atoms with Crippen molar-refractivity contribution >= 4 is 17.7 Å². The highest BCUT2D eigenvalue weighted by molar-refractivity contribution is 5.80. The van der Waals surface area contributed by atoms with E-state index in [1.807, 2.05) is 36.4 Å². The van der Waals surface area contributed by atoms with Gasteiger partial charge in [-0.2, -0.15) is 10.1 Å². The Labute approximate surface area is 188 Å². The maximum Gasteiger partial charge on any atom is 0.217 e. The van der Waals surface area contributed by atoms with Gasteiger partial charge in [-0.15, -0.1) is 0 Å². The van der Waals surface area contributed by atoms with Crippen LogP contribution in [0, 0.1) is 0 Å². The fourth-order valence-electron chi connectivity index (χ4n) is 3.63. The SMILES string of the molecule is COc1cccc(C=NNc2cc(N3CCOCC3)cc(OCCN3CCOCC3)n2)c1. The smallest absolute Gasteiger partial charge is 0.217 e. The van der Waals surface area contributed by atoms with Crippen molar-refractivity contribution in [1.82, 2.24) is 9.88 Å². The Morgan fingerprint density at radius 1 is 1.06 bits per heavy atom. The Kier molecular flexibility index (Phi) is 8.13. The van der Waals surface area contributed by atoms with Crippen LogP contribution in [0.15, 0.2) is 41.5 Å². The van der Waals surface area contributed by atoms with Gasteiger partial charge in [0.2, 0.25) is 5.88 Å². The standard InChI is InChI=1S/C23H31N5O4/c1-29-21-4-2-3-19(15-21)18-24-26-22-16-20(28-8-12-31-13-9-28)17-23(25-22)32-14-7-27-5-10-30-11-6-27/h2-4,15-18H,5-14H2,1H3,(H,25,26). The van der Waals surface area contributed by atoms with E-state index in [-0.39, 0.29) is 0 Å². The molecule has 2 saturated heterocycles. The largest absolute Gasteiger partial charge is 0.497 e. The minimum Gasteiger partial charge on any atom is -0.497 e. The number of aromatic nitrogens is 1. The summed E-state index contributed by atoms with van der Waals surface area (Å²) >= 11 is 0. The normalized spacial score (nSPS) is 17.5. The Morgan fingerprint density at radius 2 is 1.84 bits per heavy atom. The summed E-state index contributed by atoms with van der Waals surface area (Å²) in [7, 11) is 1.65. The molecule has 2 aliphatic rings. The molecule has 3 heterocycles. The summed E-state index contributed by atoms with van der Waals surface area (Å²) in [6.45, 7) is 7.98. The van der Waals surface area contributed by atoms with Crippen molar-refractivity contribution in [2.75, 3.05) is 83.2 Å². The van der Waals surface area contributed by atoms with Gasteiger partial charge in [-0.1, -0.05) is 12.1 Å². The first-order valence-corrected chi connectivity index (χ1v) is 11.0.